The fourth-order valence-corrected chi connectivity index (χ4v) is 2.42. The lowest BCUT2D eigenvalue weighted by Crippen LogP contribution is -2.19. The van der Waals surface area contributed by atoms with Crippen LogP contribution in [0.5, 0.6) is 0 Å². The highest BCUT2D eigenvalue weighted by Gasteiger charge is 2.21. The van der Waals surface area contributed by atoms with E-state index in [-0.39, 0.29) is 18.1 Å². The zero-order chi connectivity index (χ0) is 12.3. The van der Waals surface area contributed by atoms with Crippen LogP contribution in [-0.2, 0) is 11.2 Å². The SMILES string of the molecule is O=C(Cc1ccc(F)c(F)c1)C1CCCCC1. The molecule has 1 fully saturated rings. The second-order valence-corrected chi connectivity index (χ2v) is 4.73. The highest BCUT2D eigenvalue weighted by Crippen LogP contribution is 2.25. The van der Waals surface area contributed by atoms with E-state index in [0.29, 0.717) is 5.56 Å². The van der Waals surface area contributed by atoms with Crippen LogP contribution in [0.2, 0.25) is 0 Å². The van der Waals surface area contributed by atoms with Gasteiger partial charge in [-0.15, -0.1) is 0 Å². The molecule has 1 saturated carbocycles. The zero-order valence-electron chi connectivity index (χ0n) is 9.72. The van der Waals surface area contributed by atoms with Gasteiger partial charge in [0.25, 0.3) is 0 Å². The van der Waals surface area contributed by atoms with Crippen LogP contribution < -0.4 is 0 Å². The summed E-state index contributed by atoms with van der Waals surface area (Å²) in [6.45, 7) is 0. The van der Waals surface area contributed by atoms with Crippen molar-refractivity contribution in [3.63, 3.8) is 0 Å². The lowest BCUT2D eigenvalue weighted by molar-refractivity contribution is -0.123. The van der Waals surface area contributed by atoms with Gasteiger partial charge in [0, 0.05) is 12.3 Å². The largest absolute Gasteiger partial charge is 0.299 e. The molecule has 17 heavy (non-hydrogen) atoms. The molecule has 1 nitrogen and oxygen atoms in total. The Morgan fingerprint density at radius 1 is 1.12 bits per heavy atom. The molecular formula is C14H16F2O. The lowest BCUT2D eigenvalue weighted by atomic mass is 9.84. The maximum Gasteiger partial charge on any atom is 0.159 e. The second kappa shape index (κ2) is 5.39. The van der Waals surface area contributed by atoms with E-state index < -0.39 is 11.6 Å². The summed E-state index contributed by atoms with van der Waals surface area (Å²) < 4.78 is 25.7. The first-order valence-corrected chi connectivity index (χ1v) is 6.13. The standard InChI is InChI=1S/C14H16F2O/c15-12-7-6-10(8-13(12)16)9-14(17)11-4-2-1-3-5-11/h6-8,11H,1-5,9H2. The van der Waals surface area contributed by atoms with E-state index in [9.17, 15) is 13.6 Å². The van der Waals surface area contributed by atoms with Crippen LogP contribution in [0.25, 0.3) is 0 Å². The van der Waals surface area contributed by atoms with E-state index in [1.165, 1.54) is 12.5 Å². The fraction of sp³-hybridized carbons (Fsp3) is 0.500. The summed E-state index contributed by atoms with van der Waals surface area (Å²) in [5.74, 6) is -1.45. The van der Waals surface area contributed by atoms with Gasteiger partial charge in [-0.3, -0.25) is 4.79 Å². The fourth-order valence-electron chi connectivity index (χ4n) is 2.42. The third-order valence-electron chi connectivity index (χ3n) is 3.42. The first-order valence-electron chi connectivity index (χ1n) is 6.13. The van der Waals surface area contributed by atoms with Crippen molar-refractivity contribution in [2.24, 2.45) is 5.92 Å². The minimum absolute atomic E-state index is 0.122. The van der Waals surface area contributed by atoms with Gasteiger partial charge in [-0.05, 0) is 30.5 Å². The Hall–Kier alpha value is -1.25. The normalized spacial score (nSPS) is 17.1. The van der Waals surface area contributed by atoms with Gasteiger partial charge in [0.1, 0.15) is 5.78 Å². The van der Waals surface area contributed by atoms with E-state index in [1.807, 2.05) is 0 Å². The maximum absolute atomic E-state index is 13.0. The molecule has 0 saturated heterocycles. The first-order chi connectivity index (χ1) is 8.16. The van der Waals surface area contributed by atoms with Crippen molar-refractivity contribution < 1.29 is 13.6 Å². The minimum Gasteiger partial charge on any atom is -0.299 e. The Labute approximate surface area is 99.8 Å². The van der Waals surface area contributed by atoms with Crippen molar-refractivity contribution in [3.8, 4) is 0 Å². The number of Topliss-reactive ketones (excluding diaryl/α,β-unsaturated/α-hetero) is 1. The summed E-state index contributed by atoms with van der Waals surface area (Å²) >= 11 is 0. The molecule has 1 aromatic carbocycles. The van der Waals surface area contributed by atoms with Crippen LogP contribution in [0.3, 0.4) is 0 Å². The van der Waals surface area contributed by atoms with Crippen molar-refractivity contribution in [1.82, 2.24) is 0 Å². The lowest BCUT2D eigenvalue weighted by Gasteiger charge is -2.20. The van der Waals surface area contributed by atoms with E-state index in [0.717, 1.165) is 37.8 Å². The smallest absolute Gasteiger partial charge is 0.159 e. The number of hydrogen-bond donors (Lipinski definition) is 0. The van der Waals surface area contributed by atoms with E-state index in [4.69, 9.17) is 0 Å². The summed E-state index contributed by atoms with van der Waals surface area (Å²) in [6, 6.07) is 3.69. The molecule has 1 aromatic rings. The Kier molecular flexibility index (Phi) is 3.87. The Morgan fingerprint density at radius 2 is 1.82 bits per heavy atom. The Balaban J connectivity index is 1.99. The van der Waals surface area contributed by atoms with Crippen LogP contribution in [0.15, 0.2) is 18.2 Å². The van der Waals surface area contributed by atoms with Crippen LogP contribution in [-0.4, -0.2) is 5.78 Å². The van der Waals surface area contributed by atoms with Crippen LogP contribution >= 0.6 is 0 Å². The average molecular weight is 238 g/mol. The predicted molar refractivity (Wildman–Crippen MR) is 61.6 cm³/mol. The molecule has 1 aliphatic carbocycles. The number of benzene rings is 1. The number of rotatable bonds is 3. The molecule has 0 aliphatic heterocycles. The molecule has 3 heteroatoms. The molecule has 0 radical (unpaired) electrons. The van der Waals surface area contributed by atoms with Gasteiger partial charge in [0.15, 0.2) is 11.6 Å². The monoisotopic (exact) mass is 238 g/mol. The molecule has 0 heterocycles. The Bertz CT molecular complexity index is 409. The van der Waals surface area contributed by atoms with Gasteiger partial charge < -0.3 is 0 Å². The molecule has 1 aliphatic rings. The van der Waals surface area contributed by atoms with Gasteiger partial charge in [-0.2, -0.15) is 0 Å². The van der Waals surface area contributed by atoms with Crippen molar-refractivity contribution >= 4 is 5.78 Å². The third kappa shape index (κ3) is 3.11. The summed E-state index contributed by atoms with van der Waals surface area (Å²) in [5, 5.41) is 0. The maximum atomic E-state index is 13.0. The number of carbonyl (C=O) groups excluding carboxylic acids is 1. The quantitative estimate of drug-likeness (QED) is 0.785. The summed E-state index contributed by atoms with van der Waals surface area (Å²) in [6.07, 6.45) is 5.53. The van der Waals surface area contributed by atoms with Crippen LogP contribution in [0.4, 0.5) is 8.78 Å². The molecule has 0 spiro atoms. The third-order valence-corrected chi connectivity index (χ3v) is 3.42. The van der Waals surface area contributed by atoms with Crippen molar-refractivity contribution in [2.75, 3.05) is 0 Å². The number of ketones is 1. The predicted octanol–water partition coefficient (Wildman–Crippen LogP) is 3.66. The van der Waals surface area contributed by atoms with Crippen LogP contribution in [0, 0.1) is 17.6 Å². The molecule has 0 N–H and O–H groups in total. The van der Waals surface area contributed by atoms with Gasteiger partial charge >= 0.3 is 0 Å². The molecular weight excluding hydrogens is 222 g/mol. The van der Waals surface area contributed by atoms with E-state index in [1.54, 1.807) is 0 Å². The number of hydrogen-bond acceptors (Lipinski definition) is 1. The second-order valence-electron chi connectivity index (χ2n) is 4.73. The van der Waals surface area contributed by atoms with Gasteiger partial charge in [0.2, 0.25) is 0 Å². The van der Waals surface area contributed by atoms with Crippen molar-refractivity contribution in [3.05, 3.63) is 35.4 Å². The number of halogens is 2. The molecule has 0 aromatic heterocycles. The summed E-state index contributed by atoms with van der Waals surface area (Å²) in [4.78, 5) is 11.9. The minimum atomic E-state index is -0.876. The van der Waals surface area contributed by atoms with Crippen molar-refractivity contribution in [1.29, 1.82) is 0 Å². The average Bonchev–Trinajstić information content (AvgIpc) is 2.35. The highest BCUT2D eigenvalue weighted by atomic mass is 19.2. The first kappa shape index (κ1) is 12.2. The number of carbonyl (C=O) groups is 1. The zero-order valence-corrected chi connectivity index (χ0v) is 9.72. The van der Waals surface area contributed by atoms with Gasteiger partial charge in [-0.1, -0.05) is 25.3 Å². The van der Waals surface area contributed by atoms with E-state index in [2.05, 4.69) is 0 Å². The van der Waals surface area contributed by atoms with Gasteiger partial charge in [-0.25, -0.2) is 8.78 Å². The topological polar surface area (TPSA) is 17.1 Å². The van der Waals surface area contributed by atoms with Gasteiger partial charge in [0.05, 0.1) is 0 Å². The highest BCUT2D eigenvalue weighted by molar-refractivity contribution is 5.83. The van der Waals surface area contributed by atoms with E-state index >= 15 is 0 Å². The summed E-state index contributed by atoms with van der Waals surface area (Å²) in [5.41, 5.74) is 0.569. The molecule has 92 valence electrons. The molecule has 0 unspecified atom stereocenters. The molecule has 0 amide bonds. The van der Waals surface area contributed by atoms with Crippen molar-refractivity contribution in [2.45, 2.75) is 38.5 Å². The Morgan fingerprint density at radius 3 is 2.47 bits per heavy atom. The summed E-state index contributed by atoms with van der Waals surface area (Å²) in [7, 11) is 0. The van der Waals surface area contributed by atoms with Crippen LogP contribution in [0.1, 0.15) is 37.7 Å². The molecule has 2 rings (SSSR count). The molecule has 0 bridgehead atoms. The molecule has 0 atom stereocenters.